The van der Waals surface area contributed by atoms with E-state index in [9.17, 15) is 50.4 Å². The normalized spacial score (nSPS) is 13.5. The van der Waals surface area contributed by atoms with Crippen LogP contribution in [-0.2, 0) is 34.1 Å². The van der Waals surface area contributed by atoms with Gasteiger partial charge in [-0.25, -0.2) is 0 Å². The van der Waals surface area contributed by atoms with Crippen molar-refractivity contribution in [2.45, 2.75) is 0 Å². The summed E-state index contributed by atoms with van der Waals surface area (Å²) in [5, 5.41) is 16.4. The molecular formula is C26H18Cu2F12N8P2. The van der Waals surface area contributed by atoms with Crippen LogP contribution in [0.2, 0.25) is 0 Å². The maximum Gasteiger partial charge on any atom is 2.00 e. The molecule has 0 unspecified atom stereocenters. The first-order chi connectivity index (χ1) is 21.8. The molecule has 0 aliphatic rings. The van der Waals surface area contributed by atoms with Crippen molar-refractivity contribution in [1.82, 2.24) is 40.3 Å². The van der Waals surface area contributed by atoms with Crippen molar-refractivity contribution in [2.75, 3.05) is 0 Å². The minimum absolute atomic E-state index is 0. The molecular weight excluding hydrogens is 841 g/mol. The molecule has 278 valence electrons. The number of pyridine rings is 4. The smallest absolute Gasteiger partial charge is 0.573 e. The van der Waals surface area contributed by atoms with Crippen molar-refractivity contribution >= 4 is 15.6 Å². The molecule has 0 saturated heterocycles. The van der Waals surface area contributed by atoms with Crippen molar-refractivity contribution < 1.29 is 84.5 Å². The van der Waals surface area contributed by atoms with Gasteiger partial charge in [-0.1, -0.05) is 35.7 Å². The summed E-state index contributed by atoms with van der Waals surface area (Å²) in [6, 6.07) is 26.6. The van der Waals surface area contributed by atoms with Crippen LogP contribution >= 0.6 is 15.6 Å². The first-order valence-electron chi connectivity index (χ1n) is 12.6. The van der Waals surface area contributed by atoms with Crippen LogP contribution in [0.1, 0.15) is 0 Å². The molecule has 0 aliphatic carbocycles. The second kappa shape index (κ2) is 15.1. The standard InChI is InChI=1S/2C13H9N4.2Cu.2F6P/c2*1-3-7-14-10(5-1)12-9-13(17-16-12)11-6-2-4-8-15-11;;;2*1-7(2,3,4,5)6/h2*1-9H;;;;/q2*-1;2*+2;2*-1. The number of hydrogen-bond donors (Lipinski definition) is 0. The van der Waals surface area contributed by atoms with Gasteiger partial charge in [0, 0.05) is 36.2 Å². The minimum Gasteiger partial charge on any atom is -0.573 e. The van der Waals surface area contributed by atoms with Crippen LogP contribution in [0, 0.1) is 0 Å². The van der Waals surface area contributed by atoms with Gasteiger partial charge in [0.2, 0.25) is 0 Å². The summed E-state index contributed by atoms with van der Waals surface area (Å²) in [6.45, 7) is 0. The number of halogens is 12. The molecule has 8 nitrogen and oxygen atoms in total. The Morgan fingerprint density at radius 1 is 0.360 bits per heavy atom. The first kappa shape index (κ1) is 44.1. The molecule has 0 spiro atoms. The number of hydrogen-bond acceptors (Lipinski definition) is 6. The Hall–Kier alpha value is -3.92. The van der Waals surface area contributed by atoms with Gasteiger partial charge >= 0.3 is 100 Å². The van der Waals surface area contributed by atoms with Crippen LogP contribution in [0.5, 0.6) is 0 Å². The topological polar surface area (TPSA) is 106 Å². The van der Waals surface area contributed by atoms with E-state index in [4.69, 9.17) is 0 Å². The monoisotopic (exact) mass is 858 g/mol. The van der Waals surface area contributed by atoms with Gasteiger partial charge in [0.25, 0.3) is 0 Å². The Morgan fingerprint density at radius 2 is 0.600 bits per heavy atom. The molecule has 24 heteroatoms. The van der Waals surface area contributed by atoms with E-state index in [1.807, 2.05) is 84.9 Å². The third-order valence-corrected chi connectivity index (χ3v) is 4.79. The molecule has 6 heterocycles. The zero-order valence-corrected chi connectivity index (χ0v) is 27.7. The van der Waals surface area contributed by atoms with Crippen LogP contribution in [0.3, 0.4) is 0 Å². The van der Waals surface area contributed by atoms with E-state index in [0.717, 1.165) is 45.6 Å². The molecule has 0 amide bonds. The molecule has 0 fully saturated rings. The Labute approximate surface area is 295 Å². The van der Waals surface area contributed by atoms with Crippen molar-refractivity contribution in [3.8, 4) is 45.6 Å². The van der Waals surface area contributed by atoms with Gasteiger partial charge in [-0.15, -0.1) is 0 Å². The van der Waals surface area contributed by atoms with Gasteiger partial charge in [-0.05, 0) is 60.7 Å². The maximum atomic E-state index is 9.87. The molecule has 2 radical (unpaired) electrons. The van der Waals surface area contributed by atoms with Gasteiger partial charge < -0.3 is 20.4 Å². The van der Waals surface area contributed by atoms with Crippen molar-refractivity contribution in [3.63, 3.8) is 0 Å². The largest absolute Gasteiger partial charge is 2.00 e. The van der Waals surface area contributed by atoms with E-state index >= 15 is 0 Å². The van der Waals surface area contributed by atoms with E-state index in [2.05, 4.69) is 40.3 Å². The van der Waals surface area contributed by atoms with E-state index in [-0.39, 0.29) is 34.1 Å². The fourth-order valence-electron chi connectivity index (χ4n) is 3.15. The molecule has 0 aromatic carbocycles. The van der Waals surface area contributed by atoms with Gasteiger partial charge in [0.15, 0.2) is 0 Å². The minimum atomic E-state index is -10.7. The fourth-order valence-corrected chi connectivity index (χ4v) is 3.15. The molecule has 0 saturated carbocycles. The van der Waals surface area contributed by atoms with Crippen LogP contribution < -0.4 is 10.2 Å². The summed E-state index contributed by atoms with van der Waals surface area (Å²) in [6.07, 6.45) is 6.96. The molecule has 0 bridgehead atoms. The Bertz CT molecular complexity index is 1630. The van der Waals surface area contributed by atoms with Gasteiger partial charge in [-0.2, -0.15) is 0 Å². The predicted molar refractivity (Wildman–Crippen MR) is 155 cm³/mol. The summed E-state index contributed by atoms with van der Waals surface area (Å²) in [7, 11) is -21.3. The van der Waals surface area contributed by atoms with Gasteiger partial charge in [-0.3, -0.25) is 19.9 Å². The first-order valence-corrected chi connectivity index (χ1v) is 16.6. The molecule has 0 atom stereocenters. The molecule has 0 N–H and O–H groups in total. The van der Waals surface area contributed by atoms with Crippen molar-refractivity contribution in [3.05, 3.63) is 110 Å². The quantitative estimate of drug-likeness (QED) is 0.0980. The third kappa shape index (κ3) is 21.2. The Morgan fingerprint density at radius 3 is 0.820 bits per heavy atom. The van der Waals surface area contributed by atoms with Crippen LogP contribution in [0.4, 0.5) is 50.4 Å². The second-order valence-electron chi connectivity index (χ2n) is 9.01. The van der Waals surface area contributed by atoms with Crippen LogP contribution in [0.15, 0.2) is 110 Å². The van der Waals surface area contributed by atoms with Crippen LogP contribution in [-0.4, -0.2) is 30.1 Å². The van der Waals surface area contributed by atoms with E-state index in [1.54, 1.807) is 24.8 Å². The van der Waals surface area contributed by atoms with Gasteiger partial charge in [0.05, 0.1) is 22.8 Å². The van der Waals surface area contributed by atoms with E-state index in [0.29, 0.717) is 0 Å². The summed E-state index contributed by atoms with van der Waals surface area (Å²) < 4.78 is 118. The van der Waals surface area contributed by atoms with E-state index in [1.165, 1.54) is 0 Å². The van der Waals surface area contributed by atoms with Crippen molar-refractivity contribution in [1.29, 1.82) is 0 Å². The Kier molecular flexibility index (Phi) is 13.3. The zero-order valence-electron chi connectivity index (χ0n) is 24.0. The van der Waals surface area contributed by atoms with Gasteiger partial charge in [0.1, 0.15) is 0 Å². The average molecular weight is 860 g/mol. The number of aromatic nitrogens is 8. The van der Waals surface area contributed by atoms with Crippen LogP contribution in [0.25, 0.3) is 45.6 Å². The van der Waals surface area contributed by atoms with E-state index < -0.39 is 15.6 Å². The molecule has 0 aliphatic heterocycles. The predicted octanol–water partition coefficient (Wildman–Crippen LogP) is 11.1. The second-order valence-corrected chi connectivity index (χ2v) is 12.8. The number of nitrogens with zero attached hydrogens (tertiary/aromatic N) is 8. The number of rotatable bonds is 4. The summed E-state index contributed by atoms with van der Waals surface area (Å²) >= 11 is 0. The van der Waals surface area contributed by atoms with Crippen molar-refractivity contribution in [2.24, 2.45) is 0 Å². The fraction of sp³-hybridized carbons (Fsp3) is 0. The molecule has 6 rings (SSSR count). The average Bonchev–Trinajstić information content (AvgIpc) is 3.68. The maximum absolute atomic E-state index is 10.7. The third-order valence-electron chi connectivity index (χ3n) is 4.79. The molecule has 50 heavy (non-hydrogen) atoms. The Balaban J connectivity index is 0.000000358. The summed E-state index contributed by atoms with van der Waals surface area (Å²) in [5.74, 6) is 0. The summed E-state index contributed by atoms with van der Waals surface area (Å²) in [5.41, 5.74) is 6.36. The summed E-state index contributed by atoms with van der Waals surface area (Å²) in [4.78, 5) is 16.9. The molecule has 6 aromatic rings. The molecule has 6 aromatic heterocycles. The SMILES string of the molecule is F[P-](F)(F)(F)(F)F.F[P-](F)(F)(F)(F)F.[Cu+2].[Cu+2].c1ccc(-c2cc(-c3ccccn3)[n-]n2)nc1.c1ccc(-c2cc(-c3ccccn3)[n-]n2)nc1. The zero-order chi connectivity index (χ0) is 35.8.